The van der Waals surface area contributed by atoms with Gasteiger partial charge in [0.05, 0.1) is 5.01 Å². The summed E-state index contributed by atoms with van der Waals surface area (Å²) in [6.07, 6.45) is 3.93. The number of carbonyl (C=O) groups excluding carboxylic acids is 1. The molecule has 1 fully saturated rings. The predicted molar refractivity (Wildman–Crippen MR) is 76.1 cm³/mol. The van der Waals surface area contributed by atoms with Crippen molar-refractivity contribution in [2.75, 3.05) is 6.54 Å². The summed E-state index contributed by atoms with van der Waals surface area (Å²) < 4.78 is 0. The maximum atomic E-state index is 11.7. The average molecular weight is 297 g/mol. The van der Waals surface area contributed by atoms with Crippen LogP contribution < -0.4 is 10.6 Å². The largest absolute Gasteiger partial charge is 0.476 e. The van der Waals surface area contributed by atoms with Crippen molar-refractivity contribution in [3.05, 3.63) is 16.1 Å². The lowest BCUT2D eigenvalue weighted by Crippen LogP contribution is -2.43. The highest BCUT2D eigenvalue weighted by atomic mass is 32.1. The minimum Gasteiger partial charge on any atom is -0.476 e. The Hall–Kier alpha value is -1.63. The first-order valence-electron chi connectivity index (χ1n) is 6.78. The molecule has 6 nitrogen and oxygen atoms in total. The number of aromatic carboxylic acids is 1. The Balaban J connectivity index is 1.69. The molecular formula is C13H19N3O3S. The third kappa shape index (κ3) is 3.93. The molecule has 1 aromatic heterocycles. The van der Waals surface area contributed by atoms with E-state index in [4.69, 9.17) is 5.11 Å². The highest BCUT2D eigenvalue weighted by molar-refractivity contribution is 7.09. The van der Waals surface area contributed by atoms with Gasteiger partial charge in [-0.15, -0.1) is 11.3 Å². The standard InChI is InChI=1S/C13H19N3O3S/c1-8-3-2-4-9(8)16-13(19)14-6-5-11-15-10(7-20-11)12(17)18/h7-9H,2-6H2,1H3,(H,17,18)(H2,14,16,19). The monoisotopic (exact) mass is 297 g/mol. The number of carbonyl (C=O) groups is 2. The second kappa shape index (κ2) is 6.69. The molecule has 2 amide bonds. The molecule has 1 saturated carbocycles. The quantitative estimate of drug-likeness (QED) is 0.773. The molecule has 1 aliphatic rings. The summed E-state index contributed by atoms with van der Waals surface area (Å²) in [5.41, 5.74) is 0.0641. The van der Waals surface area contributed by atoms with Gasteiger partial charge in [-0.05, 0) is 18.8 Å². The molecule has 0 bridgehead atoms. The molecule has 2 atom stereocenters. The first kappa shape index (κ1) is 14.8. The normalized spacial score (nSPS) is 21.6. The summed E-state index contributed by atoms with van der Waals surface area (Å²) in [5, 5.41) is 16.8. The Morgan fingerprint density at radius 2 is 2.30 bits per heavy atom. The van der Waals surface area contributed by atoms with Gasteiger partial charge >= 0.3 is 12.0 Å². The number of amides is 2. The molecule has 1 aliphatic carbocycles. The molecule has 0 spiro atoms. The average Bonchev–Trinajstić information content (AvgIpc) is 3.00. The van der Waals surface area contributed by atoms with Crippen LogP contribution in [0.5, 0.6) is 0 Å². The van der Waals surface area contributed by atoms with Gasteiger partial charge in [-0.25, -0.2) is 14.6 Å². The van der Waals surface area contributed by atoms with E-state index < -0.39 is 5.97 Å². The highest BCUT2D eigenvalue weighted by Crippen LogP contribution is 2.24. The maximum absolute atomic E-state index is 11.7. The van der Waals surface area contributed by atoms with Crippen LogP contribution in [0.3, 0.4) is 0 Å². The molecule has 0 saturated heterocycles. The number of hydrogen-bond acceptors (Lipinski definition) is 4. The Labute approximate surface area is 121 Å². The van der Waals surface area contributed by atoms with Gasteiger partial charge in [0.2, 0.25) is 0 Å². The van der Waals surface area contributed by atoms with E-state index in [0.717, 1.165) is 11.4 Å². The van der Waals surface area contributed by atoms with Crippen LogP contribution in [0.4, 0.5) is 4.79 Å². The van der Waals surface area contributed by atoms with Crippen molar-refractivity contribution in [1.29, 1.82) is 0 Å². The molecule has 3 N–H and O–H groups in total. The molecule has 2 rings (SSSR count). The zero-order valence-corrected chi connectivity index (χ0v) is 12.2. The minimum atomic E-state index is -1.02. The zero-order valence-electron chi connectivity index (χ0n) is 11.4. The molecule has 7 heteroatoms. The number of carboxylic acids is 1. The van der Waals surface area contributed by atoms with Crippen LogP contribution in [-0.4, -0.2) is 34.7 Å². The highest BCUT2D eigenvalue weighted by Gasteiger charge is 2.24. The molecule has 1 heterocycles. The van der Waals surface area contributed by atoms with Crippen molar-refractivity contribution in [3.63, 3.8) is 0 Å². The third-order valence-electron chi connectivity index (χ3n) is 3.57. The first-order valence-corrected chi connectivity index (χ1v) is 7.66. The van der Waals surface area contributed by atoms with Gasteiger partial charge in [0, 0.05) is 24.4 Å². The Kier molecular flexibility index (Phi) is 4.94. The summed E-state index contributed by atoms with van der Waals surface area (Å²) >= 11 is 1.30. The van der Waals surface area contributed by atoms with Crippen molar-refractivity contribution >= 4 is 23.3 Å². The molecule has 110 valence electrons. The second-order valence-corrected chi connectivity index (χ2v) is 6.04. The lowest BCUT2D eigenvalue weighted by atomic mass is 10.1. The number of aromatic nitrogens is 1. The van der Waals surface area contributed by atoms with E-state index in [1.165, 1.54) is 29.6 Å². The molecule has 0 aromatic carbocycles. The van der Waals surface area contributed by atoms with Crippen molar-refractivity contribution in [1.82, 2.24) is 15.6 Å². The topological polar surface area (TPSA) is 91.3 Å². The number of thiazole rings is 1. The summed E-state index contributed by atoms with van der Waals surface area (Å²) in [6, 6.07) is 0.118. The Morgan fingerprint density at radius 3 is 2.90 bits per heavy atom. The van der Waals surface area contributed by atoms with Crippen molar-refractivity contribution < 1.29 is 14.7 Å². The summed E-state index contributed by atoms with van der Waals surface area (Å²) in [6.45, 7) is 2.61. The van der Waals surface area contributed by atoms with Gasteiger partial charge in [0.15, 0.2) is 5.69 Å². The Bertz CT molecular complexity index is 489. The number of nitrogens with zero attached hydrogens (tertiary/aromatic N) is 1. The van der Waals surface area contributed by atoms with Gasteiger partial charge in [-0.1, -0.05) is 13.3 Å². The fraction of sp³-hybridized carbons (Fsp3) is 0.615. The first-order chi connectivity index (χ1) is 9.56. The van der Waals surface area contributed by atoms with E-state index in [-0.39, 0.29) is 17.8 Å². The van der Waals surface area contributed by atoms with E-state index in [9.17, 15) is 9.59 Å². The summed E-state index contributed by atoms with van der Waals surface area (Å²) in [4.78, 5) is 26.4. The second-order valence-electron chi connectivity index (χ2n) is 5.10. The van der Waals surface area contributed by atoms with Crippen LogP contribution in [0, 0.1) is 5.92 Å². The van der Waals surface area contributed by atoms with Gasteiger partial charge in [-0.2, -0.15) is 0 Å². The molecule has 0 aliphatic heterocycles. The van der Waals surface area contributed by atoms with E-state index in [0.29, 0.717) is 18.9 Å². The van der Waals surface area contributed by atoms with Crippen LogP contribution in [-0.2, 0) is 6.42 Å². The summed E-state index contributed by atoms with van der Waals surface area (Å²) in [7, 11) is 0. The van der Waals surface area contributed by atoms with Gasteiger partial charge in [-0.3, -0.25) is 0 Å². The van der Waals surface area contributed by atoms with Crippen molar-refractivity contribution in [2.45, 2.75) is 38.6 Å². The third-order valence-corrected chi connectivity index (χ3v) is 4.48. The van der Waals surface area contributed by atoms with Gasteiger partial charge < -0.3 is 15.7 Å². The van der Waals surface area contributed by atoms with E-state index in [2.05, 4.69) is 22.5 Å². The number of hydrogen-bond donors (Lipinski definition) is 3. The predicted octanol–water partition coefficient (Wildman–Crippen LogP) is 1.87. The summed E-state index contributed by atoms with van der Waals surface area (Å²) in [5.74, 6) is -0.480. The maximum Gasteiger partial charge on any atom is 0.355 e. The lowest BCUT2D eigenvalue weighted by Gasteiger charge is -2.17. The molecule has 0 radical (unpaired) electrons. The number of rotatable bonds is 5. The number of carboxylic acid groups (broad SMARTS) is 1. The van der Waals surface area contributed by atoms with Crippen LogP contribution in [0.2, 0.25) is 0 Å². The number of urea groups is 1. The SMILES string of the molecule is CC1CCCC1NC(=O)NCCc1nc(C(=O)O)cs1. The van der Waals surface area contributed by atoms with Crippen molar-refractivity contribution in [3.8, 4) is 0 Å². The van der Waals surface area contributed by atoms with Crippen LogP contribution in [0.15, 0.2) is 5.38 Å². The minimum absolute atomic E-state index is 0.0641. The number of nitrogens with one attached hydrogen (secondary N) is 2. The fourth-order valence-corrected chi connectivity index (χ4v) is 3.16. The lowest BCUT2D eigenvalue weighted by molar-refractivity contribution is 0.0691. The molecule has 2 unspecified atom stereocenters. The molecule has 1 aromatic rings. The van der Waals surface area contributed by atoms with Gasteiger partial charge in [0.1, 0.15) is 0 Å². The molecule has 20 heavy (non-hydrogen) atoms. The zero-order chi connectivity index (χ0) is 14.5. The smallest absolute Gasteiger partial charge is 0.355 e. The van der Waals surface area contributed by atoms with Crippen LogP contribution >= 0.6 is 11.3 Å². The fourth-order valence-electron chi connectivity index (χ4n) is 2.39. The Morgan fingerprint density at radius 1 is 1.50 bits per heavy atom. The van der Waals surface area contributed by atoms with Crippen molar-refractivity contribution in [2.24, 2.45) is 5.92 Å². The van der Waals surface area contributed by atoms with Crippen LogP contribution in [0.25, 0.3) is 0 Å². The molecular weight excluding hydrogens is 278 g/mol. The van der Waals surface area contributed by atoms with E-state index in [1.54, 1.807) is 0 Å². The van der Waals surface area contributed by atoms with E-state index >= 15 is 0 Å². The van der Waals surface area contributed by atoms with Crippen LogP contribution in [0.1, 0.15) is 41.7 Å². The van der Waals surface area contributed by atoms with E-state index in [1.807, 2.05) is 0 Å². The van der Waals surface area contributed by atoms with Gasteiger partial charge in [0.25, 0.3) is 0 Å².